The number of methoxy groups -OCH3 is 1. The van der Waals surface area contributed by atoms with E-state index < -0.39 is 5.82 Å². The molecule has 0 spiro atoms. The van der Waals surface area contributed by atoms with Gasteiger partial charge in [-0.25, -0.2) is 4.39 Å². The summed E-state index contributed by atoms with van der Waals surface area (Å²) in [5.74, 6) is -0.234. The summed E-state index contributed by atoms with van der Waals surface area (Å²) in [6, 6.07) is 11.5. The van der Waals surface area contributed by atoms with Gasteiger partial charge in [0.2, 0.25) is 0 Å². The average molecular weight is 424 g/mol. The van der Waals surface area contributed by atoms with Crippen LogP contribution in [-0.4, -0.2) is 29.7 Å². The topological polar surface area (TPSA) is 80.7 Å². The predicted molar refractivity (Wildman–Crippen MR) is 116 cm³/mol. The molecule has 0 unspecified atom stereocenters. The van der Waals surface area contributed by atoms with Crippen LogP contribution in [0.1, 0.15) is 34.8 Å². The highest BCUT2D eigenvalue weighted by atomic mass is 19.1. The smallest absolute Gasteiger partial charge is 0.255 e. The van der Waals surface area contributed by atoms with E-state index in [0.29, 0.717) is 29.0 Å². The van der Waals surface area contributed by atoms with Gasteiger partial charge in [-0.2, -0.15) is 0 Å². The van der Waals surface area contributed by atoms with Crippen molar-refractivity contribution >= 4 is 5.91 Å². The number of aliphatic hydroxyl groups excluding tert-OH is 1. The maximum atomic E-state index is 13.9. The Morgan fingerprint density at radius 2 is 1.97 bits per heavy atom. The highest BCUT2D eigenvalue weighted by molar-refractivity contribution is 5.98. The standard InChI is InChI=1S/C24H25FN2O4/c1-3-10-31-22-7-5-17(20-14-26-9-8-18(20)15-28)12-19(22)24(29)27-13-16-4-6-23(30-2)21(25)11-16/h4-9,11-12,14,28H,3,10,13,15H2,1-2H3,(H,27,29). The number of carbonyl (C=O) groups excluding carboxylic acids is 1. The van der Waals surface area contributed by atoms with Crippen molar-refractivity contribution in [1.82, 2.24) is 10.3 Å². The molecule has 1 amide bonds. The van der Waals surface area contributed by atoms with Gasteiger partial charge in [0.25, 0.3) is 5.91 Å². The van der Waals surface area contributed by atoms with Gasteiger partial charge >= 0.3 is 0 Å². The van der Waals surface area contributed by atoms with Gasteiger partial charge in [-0.3, -0.25) is 9.78 Å². The molecule has 1 aromatic heterocycles. The summed E-state index contributed by atoms with van der Waals surface area (Å²) in [6.45, 7) is 2.45. The van der Waals surface area contributed by atoms with Crippen LogP contribution in [-0.2, 0) is 13.2 Å². The molecule has 0 aliphatic rings. The molecule has 0 atom stereocenters. The van der Waals surface area contributed by atoms with Gasteiger partial charge in [-0.05, 0) is 53.4 Å². The van der Waals surface area contributed by atoms with Crippen molar-refractivity contribution in [1.29, 1.82) is 0 Å². The molecule has 0 aliphatic carbocycles. The molecule has 7 heteroatoms. The van der Waals surface area contributed by atoms with Crippen LogP contribution in [0.15, 0.2) is 54.9 Å². The fourth-order valence-electron chi connectivity index (χ4n) is 3.13. The van der Waals surface area contributed by atoms with E-state index in [2.05, 4.69) is 10.3 Å². The number of ether oxygens (including phenoxy) is 2. The number of aromatic nitrogens is 1. The van der Waals surface area contributed by atoms with E-state index >= 15 is 0 Å². The Bertz CT molecular complexity index is 1060. The maximum Gasteiger partial charge on any atom is 0.255 e. The first-order valence-electron chi connectivity index (χ1n) is 9.99. The Morgan fingerprint density at radius 3 is 2.68 bits per heavy atom. The zero-order valence-corrected chi connectivity index (χ0v) is 17.5. The molecule has 2 N–H and O–H groups in total. The Labute approximate surface area is 180 Å². The zero-order chi connectivity index (χ0) is 22.2. The van der Waals surface area contributed by atoms with E-state index in [0.717, 1.165) is 17.5 Å². The fourth-order valence-corrected chi connectivity index (χ4v) is 3.13. The van der Waals surface area contributed by atoms with Gasteiger partial charge in [-0.15, -0.1) is 0 Å². The number of nitrogens with zero attached hydrogens (tertiary/aromatic N) is 1. The molecule has 3 rings (SSSR count). The lowest BCUT2D eigenvalue weighted by Gasteiger charge is -2.14. The Hall–Kier alpha value is -3.45. The van der Waals surface area contributed by atoms with Gasteiger partial charge in [0.1, 0.15) is 5.75 Å². The lowest BCUT2D eigenvalue weighted by molar-refractivity contribution is 0.0946. The molecule has 0 saturated carbocycles. The number of pyridine rings is 1. The minimum atomic E-state index is -0.490. The second-order valence-electron chi connectivity index (χ2n) is 6.90. The summed E-state index contributed by atoms with van der Waals surface area (Å²) < 4.78 is 24.6. The number of benzene rings is 2. The number of rotatable bonds is 9. The number of amides is 1. The summed E-state index contributed by atoms with van der Waals surface area (Å²) in [5, 5.41) is 12.4. The molecule has 1 heterocycles. The first-order valence-corrected chi connectivity index (χ1v) is 9.99. The molecule has 0 fully saturated rings. The van der Waals surface area contributed by atoms with Crippen LogP contribution in [0.4, 0.5) is 4.39 Å². The molecular formula is C24H25FN2O4. The number of aliphatic hydroxyl groups is 1. The van der Waals surface area contributed by atoms with Gasteiger partial charge in [-0.1, -0.05) is 19.1 Å². The first-order chi connectivity index (χ1) is 15.1. The third-order valence-corrected chi connectivity index (χ3v) is 4.75. The van der Waals surface area contributed by atoms with Crippen molar-refractivity contribution in [3.63, 3.8) is 0 Å². The summed E-state index contributed by atoms with van der Waals surface area (Å²) in [5.41, 5.74) is 3.14. The van der Waals surface area contributed by atoms with Crippen LogP contribution in [0.25, 0.3) is 11.1 Å². The summed E-state index contributed by atoms with van der Waals surface area (Å²) in [7, 11) is 1.40. The van der Waals surface area contributed by atoms with E-state index in [4.69, 9.17) is 9.47 Å². The third-order valence-electron chi connectivity index (χ3n) is 4.75. The highest BCUT2D eigenvalue weighted by Crippen LogP contribution is 2.29. The second-order valence-corrected chi connectivity index (χ2v) is 6.90. The Kier molecular flexibility index (Phi) is 7.56. The molecule has 0 aliphatic heterocycles. The minimum Gasteiger partial charge on any atom is -0.494 e. The summed E-state index contributed by atoms with van der Waals surface area (Å²) >= 11 is 0. The Morgan fingerprint density at radius 1 is 1.16 bits per heavy atom. The zero-order valence-electron chi connectivity index (χ0n) is 17.5. The molecular weight excluding hydrogens is 399 g/mol. The summed E-state index contributed by atoms with van der Waals surface area (Å²) in [4.78, 5) is 17.1. The van der Waals surface area contributed by atoms with Gasteiger partial charge in [0.15, 0.2) is 11.6 Å². The number of halogens is 1. The van der Waals surface area contributed by atoms with E-state index in [-0.39, 0.29) is 24.8 Å². The molecule has 0 radical (unpaired) electrons. The van der Waals surface area contributed by atoms with Gasteiger partial charge in [0, 0.05) is 24.5 Å². The fraction of sp³-hybridized carbons (Fsp3) is 0.250. The van der Waals surface area contributed by atoms with Crippen LogP contribution in [0, 0.1) is 5.82 Å². The molecule has 6 nitrogen and oxygen atoms in total. The molecule has 2 aromatic carbocycles. The average Bonchev–Trinajstić information content (AvgIpc) is 2.81. The van der Waals surface area contributed by atoms with Crippen LogP contribution in [0.2, 0.25) is 0 Å². The van der Waals surface area contributed by atoms with Crippen LogP contribution >= 0.6 is 0 Å². The number of nitrogens with one attached hydrogen (secondary N) is 1. The lowest BCUT2D eigenvalue weighted by atomic mass is 9.99. The summed E-state index contributed by atoms with van der Waals surface area (Å²) in [6.07, 6.45) is 4.05. The van der Waals surface area contributed by atoms with Crippen LogP contribution < -0.4 is 14.8 Å². The van der Waals surface area contributed by atoms with Crippen molar-refractivity contribution in [2.75, 3.05) is 13.7 Å². The monoisotopic (exact) mass is 424 g/mol. The molecule has 0 bridgehead atoms. The van der Waals surface area contributed by atoms with Crippen molar-refractivity contribution in [3.8, 4) is 22.6 Å². The molecule has 0 saturated heterocycles. The highest BCUT2D eigenvalue weighted by Gasteiger charge is 2.16. The lowest BCUT2D eigenvalue weighted by Crippen LogP contribution is -2.23. The maximum absolute atomic E-state index is 13.9. The van der Waals surface area contributed by atoms with Crippen molar-refractivity contribution in [2.24, 2.45) is 0 Å². The minimum absolute atomic E-state index is 0.142. The Balaban J connectivity index is 1.87. The number of carbonyl (C=O) groups is 1. The first kappa shape index (κ1) is 22.2. The number of hydrogen-bond acceptors (Lipinski definition) is 5. The van der Waals surface area contributed by atoms with E-state index in [9.17, 15) is 14.3 Å². The molecule has 162 valence electrons. The van der Waals surface area contributed by atoms with Crippen molar-refractivity contribution < 1.29 is 23.8 Å². The van der Waals surface area contributed by atoms with Gasteiger partial charge in [0.05, 0.1) is 25.9 Å². The van der Waals surface area contributed by atoms with Crippen molar-refractivity contribution in [2.45, 2.75) is 26.5 Å². The van der Waals surface area contributed by atoms with Crippen LogP contribution in [0.5, 0.6) is 11.5 Å². The number of hydrogen-bond donors (Lipinski definition) is 2. The van der Waals surface area contributed by atoms with Crippen molar-refractivity contribution in [3.05, 3.63) is 77.4 Å². The molecule has 3 aromatic rings. The SMILES string of the molecule is CCCOc1ccc(-c2cnccc2CO)cc1C(=O)NCc1ccc(OC)c(F)c1. The largest absolute Gasteiger partial charge is 0.494 e. The van der Waals surface area contributed by atoms with Crippen LogP contribution in [0.3, 0.4) is 0 Å². The predicted octanol–water partition coefficient (Wildman–Crippen LogP) is 4.11. The molecule has 31 heavy (non-hydrogen) atoms. The van der Waals surface area contributed by atoms with E-state index in [1.165, 1.54) is 19.2 Å². The normalized spacial score (nSPS) is 10.6. The van der Waals surface area contributed by atoms with E-state index in [1.54, 1.807) is 36.7 Å². The third kappa shape index (κ3) is 5.38. The quantitative estimate of drug-likeness (QED) is 0.540. The van der Waals surface area contributed by atoms with Gasteiger partial charge < -0.3 is 19.9 Å². The second kappa shape index (κ2) is 10.5. The van der Waals surface area contributed by atoms with E-state index in [1.807, 2.05) is 13.0 Å².